The minimum Gasteiger partial charge on any atom is -1.00 e. The van der Waals surface area contributed by atoms with Crippen LogP contribution in [0.25, 0.3) is 5.57 Å². The van der Waals surface area contributed by atoms with Crippen LogP contribution in [0.5, 0.6) is 5.75 Å². The predicted octanol–water partition coefficient (Wildman–Crippen LogP) is 2.63. The average molecular weight is 571 g/mol. The first kappa shape index (κ1) is 29.0. The molecule has 206 valence electrons. The van der Waals surface area contributed by atoms with Crippen LogP contribution in [0, 0.1) is 4.91 Å². The molecule has 0 amide bonds. The number of hydrogen-bond donors (Lipinski definition) is 1. The van der Waals surface area contributed by atoms with Crippen molar-refractivity contribution in [2.24, 2.45) is 5.29 Å². The summed E-state index contributed by atoms with van der Waals surface area (Å²) >= 11 is 0. The second kappa shape index (κ2) is 11.3. The van der Waals surface area contributed by atoms with Crippen LogP contribution in [0.2, 0.25) is 13.1 Å². The van der Waals surface area contributed by atoms with E-state index in [2.05, 4.69) is 111 Å². The fourth-order valence-corrected chi connectivity index (χ4v) is 8.60. The number of hydrogen-bond acceptors (Lipinski definition) is 4. The Balaban J connectivity index is 0.00000370. The van der Waals surface area contributed by atoms with Crippen LogP contribution < -0.4 is 27.5 Å². The molecule has 0 spiro atoms. The van der Waals surface area contributed by atoms with Gasteiger partial charge >= 0.3 is 0 Å². The number of aromatic hydroxyl groups is 1. The third-order valence-electron chi connectivity index (χ3n) is 7.78. The Hall–Kier alpha value is -3.94. The van der Waals surface area contributed by atoms with Gasteiger partial charge in [0.1, 0.15) is 27.9 Å². The number of fused-ring (bicyclic) bond motifs is 2. The molecular weight excluding hydrogens is 536 g/mol. The molecule has 0 aromatic heterocycles. The van der Waals surface area contributed by atoms with Gasteiger partial charge in [-0.25, -0.2) is 9.58 Å². The molecule has 1 N–H and O–H groups in total. The van der Waals surface area contributed by atoms with Gasteiger partial charge in [0.05, 0.1) is 17.5 Å². The van der Waals surface area contributed by atoms with Crippen LogP contribution >= 0.6 is 0 Å². The highest BCUT2D eigenvalue weighted by Gasteiger charge is 2.40. The summed E-state index contributed by atoms with van der Waals surface area (Å²) < 4.78 is 2.16. The first-order valence-corrected chi connectivity index (χ1v) is 16.1. The highest BCUT2D eigenvalue weighted by atomic mass is 35.5. The normalized spacial score (nSPS) is 14.9. The molecule has 0 saturated carbocycles. The molecule has 0 saturated heterocycles. The molecule has 8 heteroatoms. The van der Waals surface area contributed by atoms with E-state index in [1.165, 1.54) is 43.5 Å². The maximum Gasteiger partial charge on any atom is 0.199 e. The summed E-state index contributed by atoms with van der Waals surface area (Å²) in [6, 6.07) is 21.7. The van der Waals surface area contributed by atoms with E-state index in [0.717, 1.165) is 11.1 Å². The second-order valence-electron chi connectivity index (χ2n) is 11.1. The summed E-state index contributed by atoms with van der Waals surface area (Å²) in [6.07, 6.45) is 6.83. The van der Waals surface area contributed by atoms with Gasteiger partial charge in [-0.3, -0.25) is 0 Å². The minimum atomic E-state index is -2.05. The number of nitrogens with zero attached hydrogens (tertiary/aromatic N) is 4. The van der Waals surface area contributed by atoms with Gasteiger partial charge in [-0.1, -0.05) is 43.4 Å². The van der Waals surface area contributed by atoms with E-state index >= 15 is 0 Å². The van der Waals surface area contributed by atoms with Crippen molar-refractivity contribution in [1.82, 2.24) is 0 Å². The topological polar surface area (TPSA) is 59.2 Å². The smallest absolute Gasteiger partial charge is 0.199 e. The van der Waals surface area contributed by atoms with Crippen molar-refractivity contribution >= 4 is 35.9 Å². The summed E-state index contributed by atoms with van der Waals surface area (Å²) in [6.45, 7) is 5.19. The Morgan fingerprint density at radius 1 is 0.900 bits per heavy atom. The largest absolute Gasteiger partial charge is 1.00 e. The highest BCUT2D eigenvalue weighted by molar-refractivity contribution is 6.98. The highest BCUT2D eigenvalue weighted by Crippen LogP contribution is 2.43. The standard InChI is InChI=1S/C32H34N4O2Si.ClH/c1-34(2)24-13-17-28-30(19-24)39(5,6)31-20-25(35(3)4)14-18-29(31)32(28)27-10-8-7-9-22(27)21-36(33-38)23-11-15-26(37)16-12-23;/h7-20H,21H2,1-6H3;1H. The Morgan fingerprint density at radius 3 is 2.23 bits per heavy atom. The van der Waals surface area contributed by atoms with Crippen LogP contribution in [0.15, 0.2) is 101 Å². The van der Waals surface area contributed by atoms with Gasteiger partial charge in [-0.05, 0) is 80.7 Å². The lowest BCUT2D eigenvalue weighted by molar-refractivity contribution is -0.462. The van der Waals surface area contributed by atoms with Gasteiger partial charge in [0, 0.05) is 31.9 Å². The number of phenolic OH excluding ortho intramolecular Hbond substituents is 1. The fourth-order valence-electron chi connectivity index (χ4n) is 5.53. The van der Waals surface area contributed by atoms with Gasteiger partial charge in [0.15, 0.2) is 5.71 Å². The molecule has 3 aromatic rings. The third-order valence-corrected chi connectivity index (χ3v) is 11.3. The van der Waals surface area contributed by atoms with Crippen LogP contribution in [-0.4, -0.2) is 51.7 Å². The van der Waals surface area contributed by atoms with Gasteiger partial charge in [0.2, 0.25) is 0 Å². The maximum atomic E-state index is 12.0. The number of benzene rings is 3. The predicted molar refractivity (Wildman–Crippen MR) is 165 cm³/mol. The Kier molecular flexibility index (Phi) is 8.19. The number of phenols is 1. The minimum absolute atomic E-state index is 0. The molecule has 1 aliphatic heterocycles. The summed E-state index contributed by atoms with van der Waals surface area (Å²) in [5, 5.41) is 17.3. The van der Waals surface area contributed by atoms with Gasteiger partial charge in [-0.2, -0.15) is 0 Å². The van der Waals surface area contributed by atoms with Gasteiger partial charge < -0.3 is 22.4 Å². The summed E-state index contributed by atoms with van der Waals surface area (Å²) in [5.74, 6) is 0.150. The summed E-state index contributed by atoms with van der Waals surface area (Å²) in [5.41, 5.74) is 8.81. The van der Waals surface area contributed by atoms with E-state index in [-0.39, 0.29) is 18.2 Å². The number of allylic oxidation sites excluding steroid dienone is 5. The van der Waals surface area contributed by atoms with Crippen molar-refractivity contribution in [3.05, 3.63) is 117 Å². The lowest BCUT2D eigenvalue weighted by Gasteiger charge is -2.38. The molecule has 0 fully saturated rings. The fraction of sp³-hybridized carbons (Fsp3) is 0.219. The van der Waals surface area contributed by atoms with E-state index < -0.39 is 8.07 Å². The Morgan fingerprint density at radius 2 is 1.57 bits per heavy atom. The van der Waals surface area contributed by atoms with E-state index in [1.54, 1.807) is 24.3 Å². The number of rotatable bonds is 6. The van der Waals surface area contributed by atoms with Crippen LogP contribution in [0.4, 0.5) is 11.4 Å². The molecular formula is C32H35ClN4O2Si. The van der Waals surface area contributed by atoms with Crippen molar-refractivity contribution in [2.45, 2.75) is 19.6 Å². The molecule has 1 heterocycles. The van der Waals surface area contributed by atoms with E-state index in [4.69, 9.17) is 0 Å². The number of halogens is 1. The third kappa shape index (κ3) is 5.14. The van der Waals surface area contributed by atoms with Crippen molar-refractivity contribution < 1.29 is 22.1 Å². The van der Waals surface area contributed by atoms with Crippen molar-refractivity contribution in [3.63, 3.8) is 0 Å². The SMILES string of the molecule is CN(C)c1ccc2c(c1)[Si](C)(C)C1=CC(=[N+](C)C)C=CC1=C2c1ccccc1CN(N=O)c1ccc(O)cc1.[Cl-]. The van der Waals surface area contributed by atoms with Crippen molar-refractivity contribution in [3.8, 4) is 5.75 Å². The van der Waals surface area contributed by atoms with Crippen LogP contribution in [0.3, 0.4) is 0 Å². The maximum absolute atomic E-state index is 12.0. The first-order chi connectivity index (χ1) is 18.6. The lowest BCUT2D eigenvalue weighted by Crippen LogP contribution is -3.00. The summed E-state index contributed by atoms with van der Waals surface area (Å²) in [7, 11) is 6.29. The molecule has 3 aromatic carbocycles. The zero-order valence-corrected chi connectivity index (χ0v) is 25.6. The quantitative estimate of drug-likeness (QED) is 0.214. The van der Waals surface area contributed by atoms with E-state index in [1.807, 2.05) is 6.07 Å². The molecule has 0 unspecified atom stereocenters. The zero-order valence-electron chi connectivity index (χ0n) is 23.8. The van der Waals surface area contributed by atoms with Crippen molar-refractivity contribution in [2.75, 3.05) is 38.1 Å². The van der Waals surface area contributed by atoms with Gasteiger partial charge in [0.25, 0.3) is 0 Å². The van der Waals surface area contributed by atoms with E-state index in [9.17, 15) is 10.0 Å². The molecule has 2 aliphatic rings. The van der Waals surface area contributed by atoms with E-state index in [0.29, 0.717) is 12.2 Å². The molecule has 5 rings (SSSR count). The Bertz CT molecular complexity index is 1580. The summed E-state index contributed by atoms with van der Waals surface area (Å²) in [4.78, 5) is 14.1. The van der Waals surface area contributed by atoms with Crippen LogP contribution in [0.1, 0.15) is 16.7 Å². The first-order valence-electron chi connectivity index (χ1n) is 13.1. The molecule has 0 radical (unpaired) electrons. The number of anilines is 2. The molecule has 1 aliphatic carbocycles. The lowest BCUT2D eigenvalue weighted by atomic mass is 9.87. The van der Waals surface area contributed by atoms with Gasteiger partial charge in [-0.15, -0.1) is 4.91 Å². The second-order valence-corrected chi connectivity index (χ2v) is 15.4. The van der Waals surface area contributed by atoms with Crippen molar-refractivity contribution in [1.29, 1.82) is 0 Å². The zero-order chi connectivity index (χ0) is 27.9. The van der Waals surface area contributed by atoms with Crippen LogP contribution in [-0.2, 0) is 6.54 Å². The number of nitroso groups, excluding NO2 is 1. The molecule has 6 nitrogen and oxygen atoms in total. The monoisotopic (exact) mass is 570 g/mol. The average Bonchev–Trinajstić information content (AvgIpc) is 2.92. The molecule has 40 heavy (non-hydrogen) atoms. The molecule has 0 atom stereocenters. The Labute approximate surface area is 243 Å². The molecule has 0 bridgehead atoms.